The average Bonchev–Trinajstić information content (AvgIpc) is 1.68. The number of rotatable bonds is 3. The van der Waals surface area contributed by atoms with Crippen LogP contribution in [0.1, 0.15) is 6.92 Å². The van der Waals surface area contributed by atoms with Crippen molar-refractivity contribution in [1.29, 1.82) is 0 Å². The number of hydrogen-bond donors (Lipinski definition) is 1. The minimum atomic E-state index is -0.449. The van der Waals surface area contributed by atoms with Gasteiger partial charge in [0.15, 0.2) is 0 Å². The third-order valence-corrected chi connectivity index (χ3v) is 0.529. The first-order valence-corrected chi connectivity index (χ1v) is 2.33. The van der Waals surface area contributed by atoms with Crippen molar-refractivity contribution in [3.63, 3.8) is 0 Å². The van der Waals surface area contributed by atoms with Crippen LogP contribution >= 0.6 is 0 Å². The van der Waals surface area contributed by atoms with Crippen molar-refractivity contribution < 1.29 is 9.53 Å². The number of nitrogens with zero attached hydrogens (tertiary/aromatic N) is 1. The highest BCUT2D eigenvalue weighted by molar-refractivity contribution is 5.71. The first kappa shape index (κ1) is 7.39. The number of nitrogens with one attached hydrogen (secondary N) is 1. The van der Waals surface area contributed by atoms with Gasteiger partial charge in [-0.25, -0.2) is 5.43 Å². The predicted molar refractivity (Wildman–Crippen MR) is 26.8 cm³/mol. The Morgan fingerprint density at radius 2 is 2.50 bits per heavy atom. The molecule has 0 bridgehead atoms. The smallest absolute Gasteiger partial charge is 0.321 e. The Morgan fingerprint density at radius 1 is 1.88 bits per heavy atom. The molecule has 0 spiro atoms. The van der Waals surface area contributed by atoms with Gasteiger partial charge >= 0.3 is 5.97 Å². The van der Waals surface area contributed by atoms with Crippen LogP contribution in [0.15, 0.2) is 0 Å². The summed E-state index contributed by atoms with van der Waals surface area (Å²) >= 11 is 0. The molecule has 1 N–H and O–H groups in total. The Labute approximate surface area is 48.0 Å². The fourth-order valence-corrected chi connectivity index (χ4v) is 0.277. The van der Waals surface area contributed by atoms with Crippen LogP contribution in [0.25, 0.3) is 0 Å². The summed E-state index contributed by atoms with van der Waals surface area (Å²) in [5.41, 5.74) is 1.68. The molecule has 46 valence electrons. The minimum absolute atomic E-state index is 0.145. The third kappa shape index (κ3) is 3.58. The molecular formula is C4H8N2O2. The molecule has 0 saturated heterocycles. The van der Waals surface area contributed by atoms with Crippen molar-refractivity contribution in [1.82, 2.24) is 11.3 Å². The fraction of sp³-hybridized carbons (Fsp3) is 0.750. The summed E-state index contributed by atoms with van der Waals surface area (Å²) < 4.78 is 4.42. The Morgan fingerprint density at radius 3 is 2.88 bits per heavy atom. The lowest BCUT2D eigenvalue weighted by Crippen LogP contribution is -2.22. The van der Waals surface area contributed by atoms with Crippen molar-refractivity contribution in [2.24, 2.45) is 0 Å². The summed E-state index contributed by atoms with van der Waals surface area (Å²) in [6.45, 7) is 1.91. The van der Waals surface area contributed by atoms with E-state index in [-0.39, 0.29) is 6.54 Å². The molecule has 0 aromatic carbocycles. The van der Waals surface area contributed by atoms with Crippen molar-refractivity contribution in [2.45, 2.75) is 6.92 Å². The number of ether oxygens (including phenoxy) is 1. The van der Waals surface area contributed by atoms with Gasteiger partial charge in [0.1, 0.15) is 6.54 Å². The van der Waals surface area contributed by atoms with Crippen LogP contribution < -0.4 is 11.3 Å². The molecule has 0 saturated carbocycles. The van der Waals surface area contributed by atoms with Gasteiger partial charge in [-0.3, -0.25) is 4.79 Å². The fourth-order valence-electron chi connectivity index (χ4n) is 0.277. The largest absolute Gasteiger partial charge is 0.465 e. The van der Waals surface area contributed by atoms with Gasteiger partial charge in [0.05, 0.1) is 6.61 Å². The highest BCUT2D eigenvalue weighted by atomic mass is 16.5. The minimum Gasteiger partial charge on any atom is -0.465 e. The van der Waals surface area contributed by atoms with Gasteiger partial charge in [-0.05, 0) is 12.8 Å². The topological polar surface area (TPSA) is 60.6 Å². The normalized spacial score (nSPS) is 8.75. The van der Waals surface area contributed by atoms with Gasteiger partial charge in [0.2, 0.25) is 0 Å². The van der Waals surface area contributed by atoms with E-state index in [4.69, 9.17) is 5.84 Å². The summed E-state index contributed by atoms with van der Waals surface area (Å²) in [4.78, 5) is 10.2. The Hall–Kier alpha value is -0.610. The Kier molecular flexibility index (Phi) is 4.20. The van der Waals surface area contributed by atoms with Crippen molar-refractivity contribution in [3.05, 3.63) is 0 Å². The molecule has 8 heavy (non-hydrogen) atoms. The zero-order valence-electron chi connectivity index (χ0n) is 4.68. The van der Waals surface area contributed by atoms with Crippen molar-refractivity contribution >= 4 is 5.97 Å². The SMILES string of the molecule is CCOC(=O)CN[N]. The first-order chi connectivity index (χ1) is 3.81. The standard InChI is InChI=1S/C4H8N2O2/c1-2-8-4(7)3-6-5/h6H,2-3H2,1H3. The highest BCUT2D eigenvalue weighted by Crippen LogP contribution is 1.71. The van der Waals surface area contributed by atoms with E-state index in [9.17, 15) is 4.79 Å². The van der Waals surface area contributed by atoms with Crippen LogP contribution in [0.3, 0.4) is 0 Å². The maximum atomic E-state index is 10.2. The maximum Gasteiger partial charge on any atom is 0.321 e. The molecule has 0 atom stereocenters. The number of esters is 1. The van der Waals surface area contributed by atoms with E-state index in [0.717, 1.165) is 0 Å². The van der Waals surface area contributed by atoms with Crippen molar-refractivity contribution in [2.75, 3.05) is 13.2 Å². The van der Waals surface area contributed by atoms with Gasteiger partial charge in [-0.15, -0.1) is 0 Å². The molecule has 0 heterocycles. The van der Waals surface area contributed by atoms with Gasteiger partial charge in [0, 0.05) is 0 Å². The van der Waals surface area contributed by atoms with E-state index in [2.05, 4.69) is 4.74 Å². The summed E-state index contributed by atoms with van der Waals surface area (Å²) in [5, 5.41) is 0. The van der Waals surface area contributed by atoms with E-state index in [1.165, 1.54) is 0 Å². The molecule has 0 aromatic rings. The highest BCUT2D eigenvalue weighted by Gasteiger charge is 1.95. The van der Waals surface area contributed by atoms with E-state index in [1.807, 2.05) is 0 Å². The molecule has 0 aliphatic carbocycles. The van der Waals surface area contributed by atoms with Crippen LogP contribution in [0, 0.1) is 0 Å². The molecule has 2 radical (unpaired) electrons. The van der Waals surface area contributed by atoms with Gasteiger partial charge in [0.25, 0.3) is 0 Å². The zero-order valence-corrected chi connectivity index (χ0v) is 4.68. The van der Waals surface area contributed by atoms with Gasteiger partial charge < -0.3 is 4.74 Å². The molecule has 0 unspecified atom stereocenters. The van der Waals surface area contributed by atoms with E-state index in [1.54, 1.807) is 12.3 Å². The lowest BCUT2D eigenvalue weighted by molar-refractivity contribution is -0.142. The van der Waals surface area contributed by atoms with Crippen LogP contribution in [-0.2, 0) is 9.53 Å². The molecular weight excluding hydrogens is 108 g/mol. The summed E-state index contributed by atoms with van der Waals surface area (Å²) in [5.74, 6) is 7.46. The van der Waals surface area contributed by atoms with Crippen LogP contribution in [-0.4, -0.2) is 19.1 Å². The van der Waals surface area contributed by atoms with Gasteiger partial charge in [-0.1, -0.05) is 0 Å². The van der Waals surface area contributed by atoms with Crippen molar-refractivity contribution in [3.8, 4) is 0 Å². The molecule has 0 rings (SSSR count). The first-order valence-electron chi connectivity index (χ1n) is 2.33. The summed E-state index contributed by atoms with van der Waals surface area (Å²) in [6, 6.07) is 0. The lowest BCUT2D eigenvalue weighted by atomic mass is 10.7. The molecule has 0 aliphatic rings. The molecule has 0 amide bonds. The summed E-state index contributed by atoms with van der Waals surface area (Å²) in [7, 11) is 0. The average molecular weight is 116 g/mol. The number of carbonyl (C=O) groups is 1. The van der Waals surface area contributed by atoms with Crippen LogP contribution in [0.5, 0.6) is 0 Å². The second-order valence-corrected chi connectivity index (χ2v) is 1.14. The molecule has 4 heteroatoms. The van der Waals surface area contributed by atoms with Crippen LogP contribution in [0.4, 0.5) is 0 Å². The quantitative estimate of drug-likeness (QED) is 0.385. The Bertz CT molecular complexity index is 66.4. The Balaban J connectivity index is 3.06. The number of carbonyl (C=O) groups excluding carboxylic acids is 1. The second kappa shape index (κ2) is 4.55. The van der Waals surface area contributed by atoms with E-state index < -0.39 is 5.97 Å². The number of hydrogen-bond acceptors (Lipinski definition) is 3. The van der Waals surface area contributed by atoms with E-state index >= 15 is 0 Å². The molecule has 0 aliphatic heterocycles. The maximum absolute atomic E-state index is 10.2. The third-order valence-electron chi connectivity index (χ3n) is 0.529. The van der Waals surface area contributed by atoms with Crippen LogP contribution in [0.2, 0.25) is 0 Å². The second-order valence-electron chi connectivity index (χ2n) is 1.14. The lowest BCUT2D eigenvalue weighted by Gasteiger charge is -1.96. The van der Waals surface area contributed by atoms with E-state index in [0.29, 0.717) is 6.61 Å². The monoisotopic (exact) mass is 116 g/mol. The molecule has 0 aromatic heterocycles. The predicted octanol–water partition coefficient (Wildman–Crippen LogP) is -0.877. The molecule has 0 fully saturated rings. The molecule has 4 nitrogen and oxygen atoms in total. The zero-order chi connectivity index (χ0) is 6.41. The summed E-state index contributed by atoms with van der Waals surface area (Å²) in [6.07, 6.45) is 0. The van der Waals surface area contributed by atoms with Gasteiger partial charge in [-0.2, -0.15) is 0 Å².